The van der Waals surface area contributed by atoms with Crippen LogP contribution in [0.2, 0.25) is 5.02 Å². The maximum absolute atomic E-state index is 12.0. The number of aromatic nitrogens is 4. The molecule has 0 bridgehead atoms. The highest BCUT2D eigenvalue weighted by molar-refractivity contribution is 6.31. The van der Waals surface area contributed by atoms with Crippen molar-refractivity contribution in [3.05, 3.63) is 52.2 Å². The molecule has 32 heavy (non-hydrogen) atoms. The van der Waals surface area contributed by atoms with Crippen LogP contribution in [-0.4, -0.2) is 37.4 Å². The predicted octanol–water partition coefficient (Wildman–Crippen LogP) is 2.88. The second kappa shape index (κ2) is 7.03. The summed E-state index contributed by atoms with van der Waals surface area (Å²) in [5, 5.41) is 14.3. The zero-order valence-corrected chi connectivity index (χ0v) is 17.8. The number of hydrogen-bond donors (Lipinski definition) is 3. The Kier molecular flexibility index (Phi) is 4.23. The fraction of sp³-hybridized carbons (Fsp3) is 0.318. The Morgan fingerprint density at radius 3 is 2.69 bits per heavy atom. The minimum atomic E-state index is -0.381. The summed E-state index contributed by atoms with van der Waals surface area (Å²) in [6.07, 6.45) is 7.37. The van der Waals surface area contributed by atoms with E-state index >= 15 is 0 Å². The average Bonchev–Trinajstić information content (AvgIpc) is 3.67. The molecule has 3 N–H and O–H groups in total. The predicted molar refractivity (Wildman–Crippen MR) is 119 cm³/mol. The van der Waals surface area contributed by atoms with Crippen LogP contribution in [0.5, 0.6) is 0 Å². The summed E-state index contributed by atoms with van der Waals surface area (Å²) in [4.78, 5) is 33.0. The highest BCUT2D eigenvalue weighted by atomic mass is 35.5. The molecule has 3 aromatic rings. The maximum Gasteiger partial charge on any atom is 0.254 e. The van der Waals surface area contributed by atoms with Crippen LogP contribution in [0.15, 0.2) is 36.0 Å². The van der Waals surface area contributed by atoms with Crippen LogP contribution in [0.4, 0.5) is 11.9 Å². The van der Waals surface area contributed by atoms with Crippen LogP contribution in [0.1, 0.15) is 43.2 Å². The standard InChI is InChI=1S/C22H20ClN7O2/c23-16-4-2-1-3-15(16)22(7-8-22)29-20-27-18-13(9-12-10-17(31)26-19(12)32)11-24-30(18)21(28-20)25-14-5-6-14/h1-4,9,11,14H,5-8,10H2,(H,26,31,32)(H2,25,27,28,29)/b12-9+. The zero-order chi connectivity index (χ0) is 21.9. The molecular weight excluding hydrogens is 430 g/mol. The van der Waals surface area contributed by atoms with E-state index in [0.29, 0.717) is 39.7 Å². The van der Waals surface area contributed by atoms with Crippen LogP contribution < -0.4 is 16.0 Å². The first-order valence-electron chi connectivity index (χ1n) is 10.6. The van der Waals surface area contributed by atoms with E-state index in [0.717, 1.165) is 31.2 Å². The molecule has 2 amide bonds. The molecule has 0 atom stereocenters. The molecule has 1 saturated heterocycles. The van der Waals surface area contributed by atoms with Crippen LogP contribution in [0, 0.1) is 0 Å². The molecule has 1 aromatic carbocycles. The van der Waals surface area contributed by atoms with Gasteiger partial charge in [-0.25, -0.2) is 0 Å². The van der Waals surface area contributed by atoms with Gasteiger partial charge in [0.25, 0.3) is 5.91 Å². The largest absolute Gasteiger partial charge is 0.351 e. The number of rotatable bonds is 6. The van der Waals surface area contributed by atoms with Gasteiger partial charge in [0, 0.05) is 22.2 Å². The maximum atomic E-state index is 12.0. The fourth-order valence-electron chi connectivity index (χ4n) is 4.01. The Morgan fingerprint density at radius 2 is 2.00 bits per heavy atom. The molecule has 2 aromatic heterocycles. The molecule has 9 nitrogen and oxygen atoms in total. The number of nitrogens with zero attached hydrogens (tertiary/aromatic N) is 4. The lowest BCUT2D eigenvalue weighted by Crippen LogP contribution is -2.22. The Labute approximate surface area is 188 Å². The normalized spacial score (nSPS) is 20.6. The smallest absolute Gasteiger partial charge is 0.254 e. The summed E-state index contributed by atoms with van der Waals surface area (Å²) in [5.74, 6) is 0.367. The van der Waals surface area contributed by atoms with E-state index in [1.165, 1.54) is 0 Å². The molecule has 3 heterocycles. The lowest BCUT2D eigenvalue weighted by atomic mass is 10.1. The Morgan fingerprint density at radius 1 is 1.19 bits per heavy atom. The fourth-order valence-corrected chi connectivity index (χ4v) is 4.33. The van der Waals surface area contributed by atoms with Gasteiger partial charge in [-0.1, -0.05) is 29.8 Å². The monoisotopic (exact) mass is 449 g/mol. The quantitative estimate of drug-likeness (QED) is 0.391. The lowest BCUT2D eigenvalue weighted by molar-refractivity contribution is -0.124. The second-order valence-electron chi connectivity index (χ2n) is 8.54. The Bertz CT molecular complexity index is 1310. The molecule has 2 saturated carbocycles. The average molecular weight is 450 g/mol. The first-order valence-corrected chi connectivity index (χ1v) is 11.0. The SMILES string of the molecule is O=C1C/C(=C\c2cnn3c(NC4CC4)nc(NC4(c5ccccc5Cl)CC4)nc23)C(=O)N1. The third-order valence-corrected chi connectivity index (χ3v) is 6.35. The minimum Gasteiger partial charge on any atom is -0.351 e. The van der Waals surface area contributed by atoms with Gasteiger partial charge in [-0.05, 0) is 43.4 Å². The molecule has 3 fully saturated rings. The van der Waals surface area contributed by atoms with Crippen molar-refractivity contribution in [3.63, 3.8) is 0 Å². The number of imide groups is 1. The number of carbonyl (C=O) groups is 2. The molecule has 0 spiro atoms. The van der Waals surface area contributed by atoms with Gasteiger partial charge in [-0.2, -0.15) is 19.6 Å². The van der Waals surface area contributed by atoms with Gasteiger partial charge in [0.1, 0.15) is 0 Å². The van der Waals surface area contributed by atoms with Crippen molar-refractivity contribution in [2.24, 2.45) is 0 Å². The number of amides is 2. The van der Waals surface area contributed by atoms with Crippen molar-refractivity contribution in [1.82, 2.24) is 24.9 Å². The van der Waals surface area contributed by atoms with Crippen molar-refractivity contribution in [3.8, 4) is 0 Å². The van der Waals surface area contributed by atoms with Crippen LogP contribution in [0.3, 0.4) is 0 Å². The van der Waals surface area contributed by atoms with Gasteiger partial charge in [0.2, 0.25) is 17.8 Å². The van der Waals surface area contributed by atoms with Crippen molar-refractivity contribution in [1.29, 1.82) is 0 Å². The molecule has 162 valence electrons. The van der Waals surface area contributed by atoms with Crippen LogP contribution in [-0.2, 0) is 15.1 Å². The Hall–Kier alpha value is -3.46. The van der Waals surface area contributed by atoms with Crippen molar-refractivity contribution in [2.75, 3.05) is 10.6 Å². The highest BCUT2D eigenvalue weighted by Crippen LogP contribution is 2.50. The molecule has 10 heteroatoms. The van der Waals surface area contributed by atoms with Crippen molar-refractivity contribution >= 4 is 47.0 Å². The molecule has 2 aliphatic carbocycles. The summed E-state index contributed by atoms with van der Waals surface area (Å²) < 4.78 is 1.64. The number of fused-ring (bicyclic) bond motifs is 1. The summed E-state index contributed by atoms with van der Waals surface area (Å²) in [6, 6.07) is 8.16. The molecule has 6 rings (SSSR count). The number of hydrogen-bond acceptors (Lipinski definition) is 7. The van der Waals surface area contributed by atoms with E-state index in [9.17, 15) is 9.59 Å². The summed E-state index contributed by atoms with van der Waals surface area (Å²) in [5.41, 5.74) is 2.32. The summed E-state index contributed by atoms with van der Waals surface area (Å²) in [6.45, 7) is 0. The van der Waals surface area contributed by atoms with E-state index in [1.807, 2.05) is 24.3 Å². The zero-order valence-electron chi connectivity index (χ0n) is 17.1. The molecule has 1 aliphatic heterocycles. The lowest BCUT2D eigenvalue weighted by Gasteiger charge is -2.20. The number of carbonyl (C=O) groups excluding carboxylic acids is 2. The van der Waals surface area contributed by atoms with Gasteiger partial charge in [-0.15, -0.1) is 0 Å². The first kappa shape index (κ1) is 19.2. The van der Waals surface area contributed by atoms with Gasteiger partial charge in [0.05, 0.1) is 18.2 Å². The van der Waals surface area contributed by atoms with E-state index in [2.05, 4.69) is 21.0 Å². The third kappa shape index (κ3) is 3.38. The number of benzene rings is 1. The van der Waals surface area contributed by atoms with Gasteiger partial charge in [0.15, 0.2) is 5.65 Å². The van der Waals surface area contributed by atoms with E-state index < -0.39 is 0 Å². The molecular formula is C22H20ClN7O2. The van der Waals surface area contributed by atoms with Crippen LogP contribution >= 0.6 is 11.6 Å². The van der Waals surface area contributed by atoms with Crippen molar-refractivity contribution < 1.29 is 9.59 Å². The number of anilines is 2. The van der Waals surface area contributed by atoms with Gasteiger partial charge >= 0.3 is 0 Å². The Balaban J connectivity index is 1.42. The summed E-state index contributed by atoms with van der Waals surface area (Å²) >= 11 is 6.47. The highest BCUT2D eigenvalue weighted by Gasteiger charge is 2.46. The number of halogens is 1. The van der Waals surface area contributed by atoms with Gasteiger partial charge in [-0.3, -0.25) is 14.9 Å². The van der Waals surface area contributed by atoms with E-state index in [4.69, 9.17) is 21.6 Å². The second-order valence-corrected chi connectivity index (χ2v) is 8.94. The molecule has 0 radical (unpaired) electrons. The summed E-state index contributed by atoms with van der Waals surface area (Å²) in [7, 11) is 0. The van der Waals surface area contributed by atoms with E-state index in [1.54, 1.807) is 16.8 Å². The number of nitrogens with one attached hydrogen (secondary N) is 3. The van der Waals surface area contributed by atoms with Crippen LogP contribution in [0.25, 0.3) is 11.7 Å². The topological polar surface area (TPSA) is 113 Å². The van der Waals surface area contributed by atoms with Crippen molar-refractivity contribution in [2.45, 2.75) is 43.7 Å². The van der Waals surface area contributed by atoms with Gasteiger partial charge < -0.3 is 10.6 Å². The first-order chi connectivity index (χ1) is 15.5. The van der Waals surface area contributed by atoms with E-state index in [-0.39, 0.29) is 23.8 Å². The molecule has 3 aliphatic rings. The molecule has 0 unspecified atom stereocenters. The minimum absolute atomic E-state index is 0.0508. The third-order valence-electron chi connectivity index (χ3n) is 6.02.